The lowest BCUT2D eigenvalue weighted by atomic mass is 10.3. The molecule has 0 saturated heterocycles. The van der Waals surface area contributed by atoms with Crippen molar-refractivity contribution < 1.29 is 0 Å². The highest BCUT2D eigenvalue weighted by Gasteiger charge is 1.77. The predicted molar refractivity (Wildman–Crippen MR) is 47.4 cm³/mol. The maximum atomic E-state index is 4.06. The molecule has 0 unspecified atom stereocenters. The number of nitrogens with zero attached hydrogens (tertiary/aromatic N) is 1. The first-order chi connectivity index (χ1) is 4.81. The molecule has 0 N–H and O–H groups in total. The van der Waals surface area contributed by atoms with Crippen molar-refractivity contribution in [3.63, 3.8) is 0 Å². The first-order valence-corrected chi connectivity index (χ1v) is 3.61. The Hall–Kier alpha value is -0.850. The Morgan fingerprint density at radius 1 is 1.50 bits per heavy atom. The van der Waals surface area contributed by atoms with E-state index < -0.39 is 0 Å². The van der Waals surface area contributed by atoms with Crippen molar-refractivity contribution in [1.29, 1.82) is 0 Å². The number of allylic oxidation sites excluding steroid dienone is 3. The third-order valence-electron chi connectivity index (χ3n) is 1.22. The zero-order chi connectivity index (χ0) is 7.82. The largest absolute Gasteiger partial charge is 0.265 e. The molecule has 0 amide bonds. The second kappa shape index (κ2) is 6.27. The lowest BCUT2D eigenvalue weighted by molar-refractivity contribution is 1.09. The summed E-state index contributed by atoms with van der Waals surface area (Å²) >= 11 is 0. The highest BCUT2D eigenvalue weighted by molar-refractivity contribution is 5.71. The molecule has 0 radical (unpaired) electrons. The SMILES string of the molecule is C\C=C/C=N\C=C(\C)CC. The van der Waals surface area contributed by atoms with Crippen molar-refractivity contribution in [2.75, 3.05) is 0 Å². The van der Waals surface area contributed by atoms with Gasteiger partial charge in [0.2, 0.25) is 0 Å². The van der Waals surface area contributed by atoms with Gasteiger partial charge in [-0.1, -0.05) is 18.6 Å². The number of aliphatic imine (C=N–C) groups is 1. The van der Waals surface area contributed by atoms with E-state index in [4.69, 9.17) is 0 Å². The summed E-state index contributed by atoms with van der Waals surface area (Å²) in [7, 11) is 0. The van der Waals surface area contributed by atoms with Crippen molar-refractivity contribution in [2.45, 2.75) is 27.2 Å². The van der Waals surface area contributed by atoms with Crippen molar-refractivity contribution in [1.82, 2.24) is 0 Å². The van der Waals surface area contributed by atoms with Gasteiger partial charge in [-0.05, 0) is 26.3 Å². The van der Waals surface area contributed by atoms with Gasteiger partial charge < -0.3 is 0 Å². The Kier molecular flexibility index (Phi) is 5.74. The zero-order valence-corrected chi connectivity index (χ0v) is 6.96. The number of rotatable bonds is 3. The van der Waals surface area contributed by atoms with Gasteiger partial charge in [0.15, 0.2) is 0 Å². The van der Waals surface area contributed by atoms with Gasteiger partial charge in [0.05, 0.1) is 0 Å². The van der Waals surface area contributed by atoms with Gasteiger partial charge in [-0.2, -0.15) is 0 Å². The molecule has 0 aliphatic carbocycles. The molecule has 0 heterocycles. The van der Waals surface area contributed by atoms with Gasteiger partial charge in [-0.25, -0.2) is 0 Å². The van der Waals surface area contributed by atoms with Crippen LogP contribution < -0.4 is 0 Å². The van der Waals surface area contributed by atoms with E-state index in [0.717, 1.165) is 6.42 Å². The molecule has 0 rings (SSSR count). The van der Waals surface area contributed by atoms with E-state index in [-0.39, 0.29) is 0 Å². The van der Waals surface area contributed by atoms with Crippen molar-refractivity contribution in [3.8, 4) is 0 Å². The summed E-state index contributed by atoms with van der Waals surface area (Å²) in [5, 5.41) is 0. The fourth-order valence-corrected chi connectivity index (χ4v) is 0.397. The molecule has 0 bridgehead atoms. The van der Waals surface area contributed by atoms with E-state index in [9.17, 15) is 0 Å². The van der Waals surface area contributed by atoms with Crippen LogP contribution in [-0.2, 0) is 0 Å². The quantitative estimate of drug-likeness (QED) is 0.530. The maximum absolute atomic E-state index is 4.06. The van der Waals surface area contributed by atoms with E-state index in [1.807, 2.05) is 25.3 Å². The minimum atomic E-state index is 1.08. The molecule has 0 aliphatic rings. The monoisotopic (exact) mass is 137 g/mol. The van der Waals surface area contributed by atoms with Crippen LogP contribution in [0.3, 0.4) is 0 Å². The molecule has 0 saturated carbocycles. The standard InChI is InChI=1S/C9H15N/c1-4-6-7-10-8-9(3)5-2/h4,6-8H,5H2,1-3H3/b6-4-,9-8-,10-7-. The highest BCUT2D eigenvalue weighted by Crippen LogP contribution is 1.96. The molecule has 10 heavy (non-hydrogen) atoms. The van der Waals surface area contributed by atoms with E-state index in [2.05, 4.69) is 18.8 Å². The summed E-state index contributed by atoms with van der Waals surface area (Å²) in [4.78, 5) is 4.06. The topological polar surface area (TPSA) is 12.4 Å². The molecule has 0 spiro atoms. The first-order valence-electron chi connectivity index (χ1n) is 3.61. The Balaban J connectivity index is 3.70. The number of hydrogen-bond donors (Lipinski definition) is 0. The Bertz CT molecular complexity index is 152. The van der Waals surface area contributed by atoms with Crippen molar-refractivity contribution in [3.05, 3.63) is 23.9 Å². The molecule has 0 aliphatic heterocycles. The summed E-state index contributed by atoms with van der Waals surface area (Å²) in [6.07, 6.45) is 8.63. The van der Waals surface area contributed by atoms with Gasteiger partial charge in [0.1, 0.15) is 0 Å². The summed E-state index contributed by atoms with van der Waals surface area (Å²) in [6.45, 7) is 6.17. The van der Waals surface area contributed by atoms with Crippen LogP contribution in [0.4, 0.5) is 0 Å². The van der Waals surface area contributed by atoms with Crippen LogP contribution in [0.25, 0.3) is 0 Å². The lowest BCUT2D eigenvalue weighted by Crippen LogP contribution is -1.68. The molecule has 1 heteroatoms. The third-order valence-corrected chi connectivity index (χ3v) is 1.22. The normalized spacial score (nSPS) is 13.7. The van der Waals surface area contributed by atoms with Crippen molar-refractivity contribution in [2.24, 2.45) is 4.99 Å². The number of hydrogen-bond acceptors (Lipinski definition) is 1. The van der Waals surface area contributed by atoms with Crippen LogP contribution in [0.15, 0.2) is 28.9 Å². The second-order valence-corrected chi connectivity index (χ2v) is 2.15. The van der Waals surface area contributed by atoms with E-state index in [1.165, 1.54) is 5.57 Å². The summed E-state index contributed by atoms with van der Waals surface area (Å²) in [5.74, 6) is 0. The van der Waals surface area contributed by atoms with Crippen LogP contribution >= 0.6 is 0 Å². The maximum Gasteiger partial charge on any atom is 0.0264 e. The van der Waals surface area contributed by atoms with Gasteiger partial charge >= 0.3 is 0 Å². The molecule has 56 valence electrons. The Morgan fingerprint density at radius 2 is 2.20 bits per heavy atom. The minimum absolute atomic E-state index is 1.08. The Labute approximate surface area is 63.2 Å². The smallest absolute Gasteiger partial charge is 0.0264 e. The predicted octanol–water partition coefficient (Wildman–Crippen LogP) is 2.95. The van der Waals surface area contributed by atoms with Crippen LogP contribution in [0, 0.1) is 0 Å². The summed E-state index contributed by atoms with van der Waals surface area (Å²) in [6, 6.07) is 0. The average molecular weight is 137 g/mol. The average Bonchev–Trinajstić information content (AvgIpc) is 1.98. The summed E-state index contributed by atoms with van der Waals surface area (Å²) < 4.78 is 0. The van der Waals surface area contributed by atoms with Crippen LogP contribution in [-0.4, -0.2) is 6.21 Å². The first kappa shape index (κ1) is 9.15. The van der Waals surface area contributed by atoms with E-state index in [1.54, 1.807) is 6.21 Å². The molecule has 0 fully saturated rings. The molecular weight excluding hydrogens is 122 g/mol. The molecule has 0 aromatic rings. The fourth-order valence-electron chi connectivity index (χ4n) is 0.397. The van der Waals surface area contributed by atoms with Crippen LogP contribution in [0.2, 0.25) is 0 Å². The van der Waals surface area contributed by atoms with Gasteiger partial charge in [-0.15, -0.1) is 0 Å². The third kappa shape index (κ3) is 5.29. The zero-order valence-electron chi connectivity index (χ0n) is 6.96. The van der Waals surface area contributed by atoms with Gasteiger partial charge in [-0.3, -0.25) is 4.99 Å². The Morgan fingerprint density at radius 3 is 2.70 bits per heavy atom. The summed E-state index contributed by atoms with van der Waals surface area (Å²) in [5.41, 5.74) is 1.31. The molecule has 1 nitrogen and oxygen atoms in total. The molecule has 0 atom stereocenters. The molecule has 0 aromatic carbocycles. The fraction of sp³-hybridized carbons (Fsp3) is 0.444. The second-order valence-electron chi connectivity index (χ2n) is 2.15. The molecular formula is C9H15N. The van der Waals surface area contributed by atoms with E-state index in [0.29, 0.717) is 0 Å². The highest BCUT2D eigenvalue weighted by atomic mass is 14.7. The van der Waals surface area contributed by atoms with Crippen LogP contribution in [0.5, 0.6) is 0 Å². The lowest BCUT2D eigenvalue weighted by Gasteiger charge is -1.86. The molecule has 0 aromatic heterocycles. The minimum Gasteiger partial charge on any atom is -0.265 e. The van der Waals surface area contributed by atoms with Crippen LogP contribution in [0.1, 0.15) is 27.2 Å². The van der Waals surface area contributed by atoms with E-state index >= 15 is 0 Å². The van der Waals surface area contributed by atoms with Gasteiger partial charge in [0, 0.05) is 12.4 Å². The van der Waals surface area contributed by atoms with Crippen molar-refractivity contribution >= 4 is 6.21 Å². The van der Waals surface area contributed by atoms with Gasteiger partial charge in [0.25, 0.3) is 0 Å².